The molecule has 0 aliphatic carbocycles. The highest BCUT2D eigenvalue weighted by Gasteiger charge is 2.09. The number of esters is 1. The number of benzene rings is 1. The number of carbonyl (C=O) groups is 1. The van der Waals surface area contributed by atoms with Crippen LogP contribution in [0, 0.1) is 0 Å². The van der Waals surface area contributed by atoms with E-state index in [0.717, 1.165) is 23.7 Å². The van der Waals surface area contributed by atoms with Gasteiger partial charge < -0.3 is 4.74 Å². The Morgan fingerprint density at radius 1 is 1.38 bits per heavy atom. The third kappa shape index (κ3) is 4.21. The maximum atomic E-state index is 11.1. The van der Waals surface area contributed by atoms with Crippen LogP contribution in [0.3, 0.4) is 0 Å². The molecule has 16 heavy (non-hydrogen) atoms. The van der Waals surface area contributed by atoms with Gasteiger partial charge in [-0.2, -0.15) is 0 Å². The van der Waals surface area contributed by atoms with Gasteiger partial charge in [-0.15, -0.1) is 0 Å². The van der Waals surface area contributed by atoms with Crippen molar-refractivity contribution in [2.24, 2.45) is 0 Å². The zero-order valence-corrected chi connectivity index (χ0v) is 10.3. The first-order chi connectivity index (χ1) is 7.65. The Bertz CT molecular complexity index is 337. The fraction of sp³-hybridized carbons (Fsp3) is 0.417. The van der Waals surface area contributed by atoms with Gasteiger partial charge in [0.1, 0.15) is 0 Å². The Kier molecular flexibility index (Phi) is 5.29. The molecule has 3 nitrogen and oxygen atoms in total. The van der Waals surface area contributed by atoms with E-state index in [9.17, 15) is 4.79 Å². The first kappa shape index (κ1) is 13.0. The first-order valence-electron chi connectivity index (χ1n) is 5.19. The van der Waals surface area contributed by atoms with Crippen LogP contribution in [0.25, 0.3) is 0 Å². The second kappa shape index (κ2) is 6.51. The number of hydrogen-bond acceptors (Lipinski definition) is 3. The molecule has 4 heteroatoms. The summed E-state index contributed by atoms with van der Waals surface area (Å²) >= 11 is 5.80. The number of halogens is 1. The summed E-state index contributed by atoms with van der Waals surface area (Å²) in [5, 5.41) is 0.722. The van der Waals surface area contributed by atoms with E-state index in [1.165, 1.54) is 7.11 Å². The van der Waals surface area contributed by atoms with Crippen LogP contribution < -0.4 is 0 Å². The highest BCUT2D eigenvalue weighted by atomic mass is 35.5. The first-order valence-corrected chi connectivity index (χ1v) is 5.57. The summed E-state index contributed by atoms with van der Waals surface area (Å²) in [4.78, 5) is 13.1. The largest absolute Gasteiger partial charge is 0.468 e. The minimum absolute atomic E-state index is 0.212. The van der Waals surface area contributed by atoms with Crippen LogP contribution in [0.2, 0.25) is 5.02 Å². The lowest BCUT2D eigenvalue weighted by atomic mass is 10.2. The van der Waals surface area contributed by atoms with E-state index < -0.39 is 0 Å². The third-order valence-corrected chi connectivity index (χ3v) is 2.60. The molecule has 0 bridgehead atoms. The molecular weight excluding hydrogens is 226 g/mol. The topological polar surface area (TPSA) is 29.5 Å². The van der Waals surface area contributed by atoms with Gasteiger partial charge in [-0.3, -0.25) is 9.69 Å². The number of nitrogens with zero attached hydrogens (tertiary/aromatic N) is 1. The molecule has 0 heterocycles. The van der Waals surface area contributed by atoms with Crippen LogP contribution in [-0.4, -0.2) is 31.1 Å². The van der Waals surface area contributed by atoms with Gasteiger partial charge in [0, 0.05) is 11.6 Å². The second-order valence-electron chi connectivity index (χ2n) is 3.51. The van der Waals surface area contributed by atoms with Crippen LogP contribution in [-0.2, 0) is 16.1 Å². The van der Waals surface area contributed by atoms with Gasteiger partial charge in [0.2, 0.25) is 0 Å². The number of methoxy groups -OCH3 is 1. The lowest BCUT2D eigenvalue weighted by Gasteiger charge is -2.18. The third-order valence-electron chi connectivity index (χ3n) is 2.35. The van der Waals surface area contributed by atoms with Crippen molar-refractivity contribution in [3.05, 3.63) is 34.9 Å². The molecule has 0 spiro atoms. The number of rotatable bonds is 5. The number of ether oxygens (including phenoxy) is 1. The highest BCUT2D eigenvalue weighted by molar-refractivity contribution is 6.30. The second-order valence-corrected chi connectivity index (χ2v) is 3.94. The Morgan fingerprint density at radius 2 is 2.00 bits per heavy atom. The van der Waals surface area contributed by atoms with Crippen molar-refractivity contribution in [3.63, 3.8) is 0 Å². The molecular formula is C12H16ClNO2. The quantitative estimate of drug-likeness (QED) is 0.741. The van der Waals surface area contributed by atoms with Crippen LogP contribution in [0.5, 0.6) is 0 Å². The van der Waals surface area contributed by atoms with E-state index in [4.69, 9.17) is 11.6 Å². The van der Waals surface area contributed by atoms with E-state index in [-0.39, 0.29) is 5.97 Å². The molecule has 0 saturated heterocycles. The minimum atomic E-state index is -0.212. The van der Waals surface area contributed by atoms with Crippen molar-refractivity contribution in [2.75, 3.05) is 20.2 Å². The molecule has 0 atom stereocenters. The Labute approximate surface area is 101 Å². The van der Waals surface area contributed by atoms with Gasteiger partial charge in [0.25, 0.3) is 0 Å². The van der Waals surface area contributed by atoms with Crippen molar-refractivity contribution in [2.45, 2.75) is 13.5 Å². The van der Waals surface area contributed by atoms with E-state index in [1.54, 1.807) is 0 Å². The van der Waals surface area contributed by atoms with Gasteiger partial charge in [-0.05, 0) is 24.2 Å². The van der Waals surface area contributed by atoms with Crippen molar-refractivity contribution < 1.29 is 9.53 Å². The maximum absolute atomic E-state index is 11.1. The van der Waals surface area contributed by atoms with E-state index in [1.807, 2.05) is 36.1 Å². The SMILES string of the molecule is CCN(CC(=O)OC)Cc1ccc(Cl)cc1. The monoisotopic (exact) mass is 241 g/mol. The maximum Gasteiger partial charge on any atom is 0.319 e. The van der Waals surface area contributed by atoms with E-state index >= 15 is 0 Å². The standard InChI is InChI=1S/C12H16ClNO2/c1-3-14(9-12(15)16-2)8-10-4-6-11(13)7-5-10/h4-7H,3,8-9H2,1-2H3. The van der Waals surface area contributed by atoms with Crippen molar-refractivity contribution >= 4 is 17.6 Å². The molecule has 0 fully saturated rings. The molecule has 88 valence electrons. The molecule has 0 aliphatic heterocycles. The lowest BCUT2D eigenvalue weighted by Crippen LogP contribution is -2.29. The number of hydrogen-bond donors (Lipinski definition) is 0. The summed E-state index contributed by atoms with van der Waals surface area (Å²) in [7, 11) is 1.40. The van der Waals surface area contributed by atoms with Crippen LogP contribution in [0.15, 0.2) is 24.3 Å². The molecule has 0 N–H and O–H groups in total. The molecule has 1 aromatic carbocycles. The van der Waals surface area contributed by atoms with Crippen molar-refractivity contribution in [1.82, 2.24) is 4.90 Å². The predicted octanol–water partition coefficient (Wildman–Crippen LogP) is 2.33. The average molecular weight is 242 g/mol. The molecule has 0 amide bonds. The fourth-order valence-corrected chi connectivity index (χ4v) is 1.50. The summed E-state index contributed by atoms with van der Waals surface area (Å²) in [6, 6.07) is 7.62. The molecule has 1 rings (SSSR count). The van der Waals surface area contributed by atoms with E-state index in [2.05, 4.69) is 4.74 Å². The Morgan fingerprint density at radius 3 is 2.50 bits per heavy atom. The average Bonchev–Trinajstić information content (AvgIpc) is 2.30. The zero-order valence-electron chi connectivity index (χ0n) is 9.57. The highest BCUT2D eigenvalue weighted by Crippen LogP contribution is 2.11. The Hall–Kier alpha value is -1.06. The van der Waals surface area contributed by atoms with Crippen LogP contribution >= 0.6 is 11.6 Å². The normalized spacial score (nSPS) is 10.5. The van der Waals surface area contributed by atoms with Gasteiger partial charge in [0.15, 0.2) is 0 Å². The van der Waals surface area contributed by atoms with Crippen molar-refractivity contribution in [3.8, 4) is 0 Å². The summed E-state index contributed by atoms with van der Waals surface area (Å²) in [5.74, 6) is -0.212. The molecule has 0 radical (unpaired) electrons. The van der Waals surface area contributed by atoms with Gasteiger partial charge >= 0.3 is 5.97 Å². The minimum Gasteiger partial charge on any atom is -0.468 e. The van der Waals surface area contributed by atoms with Crippen LogP contribution in [0.1, 0.15) is 12.5 Å². The summed E-state index contributed by atoms with van der Waals surface area (Å²) < 4.78 is 4.64. The predicted molar refractivity (Wildman–Crippen MR) is 64.4 cm³/mol. The molecule has 0 aliphatic rings. The Balaban J connectivity index is 2.56. The van der Waals surface area contributed by atoms with Gasteiger partial charge in [0.05, 0.1) is 13.7 Å². The number of likely N-dealkylation sites (N-methyl/N-ethyl adjacent to an activating group) is 1. The summed E-state index contributed by atoms with van der Waals surface area (Å²) in [5.41, 5.74) is 1.13. The molecule has 0 saturated carbocycles. The van der Waals surface area contributed by atoms with Crippen molar-refractivity contribution in [1.29, 1.82) is 0 Å². The van der Waals surface area contributed by atoms with E-state index in [0.29, 0.717) is 6.54 Å². The van der Waals surface area contributed by atoms with Crippen LogP contribution in [0.4, 0.5) is 0 Å². The molecule has 0 unspecified atom stereocenters. The fourth-order valence-electron chi connectivity index (χ4n) is 1.37. The van der Waals surface area contributed by atoms with Gasteiger partial charge in [-0.1, -0.05) is 30.7 Å². The molecule has 1 aromatic rings. The summed E-state index contributed by atoms with van der Waals surface area (Å²) in [6.45, 7) is 3.86. The smallest absolute Gasteiger partial charge is 0.319 e. The zero-order chi connectivity index (χ0) is 12.0. The lowest BCUT2D eigenvalue weighted by molar-refractivity contribution is -0.142. The molecule has 0 aromatic heterocycles. The van der Waals surface area contributed by atoms with Gasteiger partial charge in [-0.25, -0.2) is 0 Å². The number of carbonyl (C=O) groups excluding carboxylic acids is 1. The summed E-state index contributed by atoms with van der Waals surface area (Å²) in [6.07, 6.45) is 0.